The number of hydrogen-bond acceptors (Lipinski definition) is 3. The fourth-order valence-corrected chi connectivity index (χ4v) is 1.97. The third-order valence-corrected chi connectivity index (χ3v) is 3.09. The van der Waals surface area contributed by atoms with Crippen LogP contribution in [0.2, 0.25) is 0 Å². The number of hydrogen-bond donors (Lipinski definition) is 1. The second kappa shape index (κ2) is 8.51. The minimum Gasteiger partial charge on any atom is -0.377 e. The van der Waals surface area contributed by atoms with Crippen LogP contribution in [0.3, 0.4) is 0 Å². The Morgan fingerprint density at radius 3 is 2.80 bits per heavy atom. The fraction of sp³-hybridized carbons (Fsp3) is 0.438. The molecule has 0 unspecified atom stereocenters. The van der Waals surface area contributed by atoms with Gasteiger partial charge in [-0.25, -0.2) is 0 Å². The highest BCUT2D eigenvalue weighted by atomic mass is 16.5. The van der Waals surface area contributed by atoms with Gasteiger partial charge in [0.25, 0.3) is 0 Å². The monoisotopic (exact) mass is 273 g/mol. The van der Waals surface area contributed by atoms with Gasteiger partial charge in [-0.3, -0.25) is 4.68 Å². The average Bonchev–Trinajstić information content (AvgIpc) is 2.95. The van der Waals surface area contributed by atoms with Crippen LogP contribution in [-0.4, -0.2) is 22.9 Å². The molecular weight excluding hydrogens is 250 g/mol. The zero-order valence-electron chi connectivity index (χ0n) is 12.1. The van der Waals surface area contributed by atoms with Crippen LogP contribution >= 0.6 is 0 Å². The van der Waals surface area contributed by atoms with Crippen LogP contribution < -0.4 is 5.32 Å². The Hall–Kier alpha value is -1.65. The predicted molar refractivity (Wildman–Crippen MR) is 80.3 cm³/mol. The molecule has 1 heterocycles. The van der Waals surface area contributed by atoms with Crippen molar-refractivity contribution in [2.75, 3.05) is 13.2 Å². The zero-order valence-corrected chi connectivity index (χ0v) is 12.1. The van der Waals surface area contributed by atoms with Crippen LogP contribution in [0.4, 0.5) is 0 Å². The standard InChI is InChI=1S/C16H23N3O/c1-2-19-13-16(12-18-19)14-20-10-6-9-17-11-15-7-4-3-5-8-15/h3-5,7-8,12-13,17H,2,6,9-11,14H2,1H3. The van der Waals surface area contributed by atoms with Crippen molar-refractivity contribution in [1.82, 2.24) is 15.1 Å². The smallest absolute Gasteiger partial charge is 0.0747 e. The second-order valence-corrected chi connectivity index (χ2v) is 4.77. The van der Waals surface area contributed by atoms with Crippen molar-refractivity contribution in [3.8, 4) is 0 Å². The van der Waals surface area contributed by atoms with Gasteiger partial charge in [0, 0.05) is 31.5 Å². The molecule has 0 spiro atoms. The Morgan fingerprint density at radius 1 is 1.20 bits per heavy atom. The first-order valence-electron chi connectivity index (χ1n) is 7.22. The molecule has 20 heavy (non-hydrogen) atoms. The molecule has 0 fully saturated rings. The number of nitrogens with one attached hydrogen (secondary N) is 1. The molecule has 0 saturated heterocycles. The number of ether oxygens (including phenoxy) is 1. The summed E-state index contributed by atoms with van der Waals surface area (Å²) >= 11 is 0. The minimum atomic E-state index is 0.651. The van der Waals surface area contributed by atoms with Gasteiger partial charge < -0.3 is 10.1 Å². The highest BCUT2D eigenvalue weighted by Crippen LogP contribution is 2.00. The van der Waals surface area contributed by atoms with Gasteiger partial charge in [0.1, 0.15) is 0 Å². The Labute approximate surface area is 120 Å². The Morgan fingerprint density at radius 2 is 2.05 bits per heavy atom. The summed E-state index contributed by atoms with van der Waals surface area (Å²) in [7, 11) is 0. The second-order valence-electron chi connectivity index (χ2n) is 4.77. The number of benzene rings is 1. The van der Waals surface area contributed by atoms with E-state index in [0.29, 0.717) is 6.61 Å². The molecule has 0 aliphatic carbocycles. The van der Waals surface area contributed by atoms with E-state index in [9.17, 15) is 0 Å². The van der Waals surface area contributed by atoms with Gasteiger partial charge in [0.15, 0.2) is 0 Å². The predicted octanol–water partition coefficient (Wildman–Crippen LogP) is 2.60. The number of aromatic nitrogens is 2. The summed E-state index contributed by atoms with van der Waals surface area (Å²) in [5.74, 6) is 0. The molecule has 0 saturated carbocycles. The van der Waals surface area contributed by atoms with E-state index in [0.717, 1.165) is 38.2 Å². The zero-order chi connectivity index (χ0) is 14.0. The normalized spacial score (nSPS) is 10.8. The lowest BCUT2D eigenvalue weighted by molar-refractivity contribution is 0.118. The molecule has 0 amide bonds. The van der Waals surface area contributed by atoms with Crippen LogP contribution in [0.15, 0.2) is 42.7 Å². The van der Waals surface area contributed by atoms with Gasteiger partial charge in [0.05, 0.1) is 12.8 Å². The largest absolute Gasteiger partial charge is 0.377 e. The van der Waals surface area contributed by atoms with Gasteiger partial charge in [0.2, 0.25) is 0 Å². The van der Waals surface area contributed by atoms with E-state index >= 15 is 0 Å². The molecule has 0 atom stereocenters. The lowest BCUT2D eigenvalue weighted by atomic mass is 10.2. The maximum Gasteiger partial charge on any atom is 0.0747 e. The quantitative estimate of drug-likeness (QED) is 0.714. The van der Waals surface area contributed by atoms with Crippen LogP contribution in [-0.2, 0) is 24.4 Å². The number of rotatable bonds is 9. The molecule has 0 aliphatic rings. The SMILES string of the molecule is CCn1cc(COCCCNCc2ccccc2)cn1. The van der Waals surface area contributed by atoms with Gasteiger partial charge >= 0.3 is 0 Å². The molecule has 1 aromatic carbocycles. The summed E-state index contributed by atoms with van der Waals surface area (Å²) in [6, 6.07) is 10.4. The molecule has 4 heteroatoms. The lowest BCUT2D eigenvalue weighted by Gasteiger charge is -2.05. The molecule has 2 aromatic rings. The van der Waals surface area contributed by atoms with Gasteiger partial charge in [-0.15, -0.1) is 0 Å². The van der Waals surface area contributed by atoms with Crippen LogP contribution in [0.25, 0.3) is 0 Å². The number of nitrogens with zero attached hydrogens (tertiary/aromatic N) is 2. The third kappa shape index (κ3) is 5.15. The van der Waals surface area contributed by atoms with E-state index in [1.807, 2.05) is 23.1 Å². The number of aryl methyl sites for hydroxylation is 1. The Balaban J connectivity index is 1.49. The molecule has 0 radical (unpaired) electrons. The van der Waals surface area contributed by atoms with Crippen molar-refractivity contribution in [3.63, 3.8) is 0 Å². The highest BCUT2D eigenvalue weighted by molar-refractivity contribution is 5.14. The van der Waals surface area contributed by atoms with E-state index < -0.39 is 0 Å². The van der Waals surface area contributed by atoms with Crippen molar-refractivity contribution < 1.29 is 4.74 Å². The average molecular weight is 273 g/mol. The molecule has 4 nitrogen and oxygen atoms in total. The van der Waals surface area contributed by atoms with Crippen LogP contribution in [0.5, 0.6) is 0 Å². The van der Waals surface area contributed by atoms with Crippen molar-refractivity contribution >= 4 is 0 Å². The topological polar surface area (TPSA) is 39.1 Å². The molecule has 1 aromatic heterocycles. The molecule has 1 N–H and O–H groups in total. The van der Waals surface area contributed by atoms with Crippen LogP contribution in [0.1, 0.15) is 24.5 Å². The molecule has 0 aliphatic heterocycles. The van der Waals surface area contributed by atoms with Crippen molar-refractivity contribution in [3.05, 3.63) is 53.9 Å². The molecule has 108 valence electrons. The Kier molecular flexibility index (Phi) is 6.27. The first-order valence-corrected chi connectivity index (χ1v) is 7.22. The van der Waals surface area contributed by atoms with Gasteiger partial charge in [-0.2, -0.15) is 5.10 Å². The first kappa shape index (κ1) is 14.8. The van der Waals surface area contributed by atoms with Crippen molar-refractivity contribution in [2.24, 2.45) is 0 Å². The summed E-state index contributed by atoms with van der Waals surface area (Å²) in [6.45, 7) is 6.31. The maximum absolute atomic E-state index is 5.64. The lowest BCUT2D eigenvalue weighted by Crippen LogP contribution is -2.16. The van der Waals surface area contributed by atoms with Gasteiger partial charge in [-0.05, 0) is 25.5 Å². The summed E-state index contributed by atoms with van der Waals surface area (Å²) in [6.07, 6.45) is 4.93. The summed E-state index contributed by atoms with van der Waals surface area (Å²) in [5, 5.41) is 7.64. The summed E-state index contributed by atoms with van der Waals surface area (Å²) in [5.41, 5.74) is 2.46. The van der Waals surface area contributed by atoms with Crippen molar-refractivity contribution in [1.29, 1.82) is 0 Å². The third-order valence-electron chi connectivity index (χ3n) is 3.09. The minimum absolute atomic E-state index is 0.651. The summed E-state index contributed by atoms with van der Waals surface area (Å²) < 4.78 is 7.55. The van der Waals surface area contributed by atoms with E-state index in [1.165, 1.54) is 5.56 Å². The van der Waals surface area contributed by atoms with Gasteiger partial charge in [-0.1, -0.05) is 30.3 Å². The van der Waals surface area contributed by atoms with E-state index in [2.05, 4.69) is 41.6 Å². The van der Waals surface area contributed by atoms with E-state index in [4.69, 9.17) is 4.74 Å². The van der Waals surface area contributed by atoms with E-state index in [1.54, 1.807) is 0 Å². The molecule has 2 rings (SSSR count). The van der Waals surface area contributed by atoms with Crippen LogP contribution in [0, 0.1) is 0 Å². The summed E-state index contributed by atoms with van der Waals surface area (Å²) in [4.78, 5) is 0. The maximum atomic E-state index is 5.64. The van der Waals surface area contributed by atoms with E-state index in [-0.39, 0.29) is 0 Å². The highest BCUT2D eigenvalue weighted by Gasteiger charge is 1.97. The Bertz CT molecular complexity index is 481. The molecule has 0 bridgehead atoms. The van der Waals surface area contributed by atoms with Crippen molar-refractivity contribution in [2.45, 2.75) is 33.0 Å². The fourth-order valence-electron chi connectivity index (χ4n) is 1.97. The first-order chi connectivity index (χ1) is 9.88. The molecular formula is C16H23N3O.